The third-order valence-corrected chi connectivity index (χ3v) is 2.84. The molecule has 94 valence electrons. The van der Waals surface area contributed by atoms with Crippen LogP contribution in [0, 0.1) is 6.92 Å². The highest BCUT2D eigenvalue weighted by molar-refractivity contribution is 5.27. The van der Waals surface area contributed by atoms with E-state index in [-0.39, 0.29) is 0 Å². The van der Waals surface area contributed by atoms with Gasteiger partial charge in [0.25, 0.3) is 0 Å². The summed E-state index contributed by atoms with van der Waals surface area (Å²) in [5, 5.41) is 3.22. The van der Waals surface area contributed by atoms with Crippen LogP contribution in [0.2, 0.25) is 0 Å². The van der Waals surface area contributed by atoms with E-state index in [1.807, 2.05) is 18.5 Å². The Morgan fingerprint density at radius 2 is 2.33 bits per heavy atom. The molecule has 0 fully saturated rings. The second-order valence-electron chi connectivity index (χ2n) is 4.35. The van der Waals surface area contributed by atoms with Gasteiger partial charge < -0.3 is 9.88 Å². The fourth-order valence-corrected chi connectivity index (χ4v) is 1.94. The zero-order valence-electron chi connectivity index (χ0n) is 10.8. The van der Waals surface area contributed by atoms with E-state index in [2.05, 4.69) is 52.6 Å². The van der Waals surface area contributed by atoms with Gasteiger partial charge in [-0.15, -0.1) is 6.58 Å². The van der Waals surface area contributed by atoms with Gasteiger partial charge >= 0.3 is 0 Å². The summed E-state index contributed by atoms with van der Waals surface area (Å²) in [6.45, 7) is 7.49. The number of aromatic nitrogens is 2. The minimum absolute atomic E-state index is 0.738. The van der Waals surface area contributed by atoms with Crippen LogP contribution in [0.1, 0.15) is 11.1 Å². The topological polar surface area (TPSA) is 29.9 Å². The maximum Gasteiger partial charge on any atom is 0.203 e. The van der Waals surface area contributed by atoms with E-state index in [4.69, 9.17) is 0 Å². The third kappa shape index (κ3) is 3.23. The highest BCUT2D eigenvalue weighted by Crippen LogP contribution is 2.09. The van der Waals surface area contributed by atoms with Crippen LogP contribution in [0.5, 0.6) is 0 Å². The van der Waals surface area contributed by atoms with Crippen molar-refractivity contribution in [2.75, 3.05) is 11.9 Å². The standard InChI is InChI=1S/C15H19N3/c1-3-8-16-15-17-9-11-18(15)10-7-14-6-4-5-13(2)12-14/h3-6,9,11-12H,1,7-8,10H2,2H3,(H,16,17). The molecule has 2 rings (SSSR count). The van der Waals surface area contributed by atoms with Gasteiger partial charge in [0.15, 0.2) is 0 Å². The molecule has 1 aromatic carbocycles. The summed E-state index contributed by atoms with van der Waals surface area (Å²) >= 11 is 0. The van der Waals surface area contributed by atoms with Gasteiger partial charge in [0.05, 0.1) is 0 Å². The highest BCUT2D eigenvalue weighted by atomic mass is 15.2. The van der Waals surface area contributed by atoms with Crippen molar-refractivity contribution in [3.05, 3.63) is 60.4 Å². The molecular weight excluding hydrogens is 222 g/mol. The number of nitrogens with zero attached hydrogens (tertiary/aromatic N) is 2. The van der Waals surface area contributed by atoms with E-state index in [0.29, 0.717) is 0 Å². The fraction of sp³-hybridized carbons (Fsp3) is 0.267. The lowest BCUT2D eigenvalue weighted by Crippen LogP contribution is -2.08. The molecule has 1 aromatic heterocycles. The molecule has 0 aliphatic rings. The van der Waals surface area contributed by atoms with Crippen LogP contribution < -0.4 is 5.32 Å². The Hall–Kier alpha value is -2.03. The Kier molecular flexibility index (Phi) is 4.18. The van der Waals surface area contributed by atoms with E-state index < -0.39 is 0 Å². The van der Waals surface area contributed by atoms with Crippen LogP contribution in [-0.2, 0) is 13.0 Å². The van der Waals surface area contributed by atoms with Crippen LogP contribution >= 0.6 is 0 Å². The lowest BCUT2D eigenvalue weighted by molar-refractivity contribution is 0.701. The summed E-state index contributed by atoms with van der Waals surface area (Å²) in [7, 11) is 0. The Bertz CT molecular complexity index is 514. The van der Waals surface area contributed by atoms with Crippen molar-refractivity contribution in [3.8, 4) is 0 Å². The lowest BCUT2D eigenvalue weighted by Gasteiger charge is -2.08. The predicted molar refractivity (Wildman–Crippen MR) is 75.8 cm³/mol. The maximum absolute atomic E-state index is 4.29. The number of aryl methyl sites for hydroxylation is 3. The van der Waals surface area contributed by atoms with Crippen molar-refractivity contribution < 1.29 is 0 Å². The van der Waals surface area contributed by atoms with Crippen molar-refractivity contribution >= 4 is 5.95 Å². The molecule has 0 radical (unpaired) electrons. The van der Waals surface area contributed by atoms with Gasteiger partial charge in [-0.3, -0.25) is 0 Å². The zero-order valence-corrected chi connectivity index (χ0v) is 10.8. The van der Waals surface area contributed by atoms with E-state index in [1.165, 1.54) is 11.1 Å². The number of anilines is 1. The summed E-state index contributed by atoms with van der Waals surface area (Å²) < 4.78 is 2.13. The molecule has 18 heavy (non-hydrogen) atoms. The minimum Gasteiger partial charge on any atom is -0.352 e. The van der Waals surface area contributed by atoms with Gasteiger partial charge in [0, 0.05) is 25.5 Å². The average molecular weight is 241 g/mol. The number of nitrogens with one attached hydrogen (secondary N) is 1. The first-order valence-electron chi connectivity index (χ1n) is 6.21. The molecule has 0 aliphatic carbocycles. The molecule has 0 saturated heterocycles. The van der Waals surface area contributed by atoms with Crippen molar-refractivity contribution in [3.63, 3.8) is 0 Å². The van der Waals surface area contributed by atoms with Crippen molar-refractivity contribution in [1.29, 1.82) is 0 Å². The van der Waals surface area contributed by atoms with Gasteiger partial charge in [-0.2, -0.15) is 0 Å². The zero-order chi connectivity index (χ0) is 12.8. The molecule has 0 bridgehead atoms. The van der Waals surface area contributed by atoms with Crippen molar-refractivity contribution in [2.45, 2.75) is 19.9 Å². The predicted octanol–water partition coefficient (Wildman–Crippen LogP) is 3.03. The van der Waals surface area contributed by atoms with Gasteiger partial charge in [-0.05, 0) is 18.9 Å². The second kappa shape index (κ2) is 6.05. The first-order chi connectivity index (χ1) is 8.79. The molecule has 2 aromatic rings. The van der Waals surface area contributed by atoms with Crippen LogP contribution in [-0.4, -0.2) is 16.1 Å². The van der Waals surface area contributed by atoms with Gasteiger partial charge in [-0.25, -0.2) is 4.98 Å². The normalized spacial score (nSPS) is 10.3. The second-order valence-corrected chi connectivity index (χ2v) is 4.35. The minimum atomic E-state index is 0.738. The summed E-state index contributed by atoms with van der Waals surface area (Å²) in [5.74, 6) is 0.905. The molecule has 1 N–H and O–H groups in total. The SMILES string of the molecule is C=CCNc1nccn1CCc1cccc(C)c1. The van der Waals surface area contributed by atoms with Crippen LogP contribution in [0.3, 0.4) is 0 Å². The van der Waals surface area contributed by atoms with E-state index >= 15 is 0 Å². The van der Waals surface area contributed by atoms with E-state index in [9.17, 15) is 0 Å². The summed E-state index contributed by atoms with van der Waals surface area (Å²) in [6, 6.07) is 8.63. The van der Waals surface area contributed by atoms with Crippen LogP contribution in [0.4, 0.5) is 5.95 Å². The molecule has 3 nitrogen and oxygen atoms in total. The number of rotatable bonds is 6. The molecule has 3 heteroatoms. The van der Waals surface area contributed by atoms with Gasteiger partial charge in [0.1, 0.15) is 0 Å². The first kappa shape index (κ1) is 12.4. The van der Waals surface area contributed by atoms with Crippen LogP contribution in [0.15, 0.2) is 49.3 Å². The van der Waals surface area contributed by atoms with E-state index in [0.717, 1.165) is 25.5 Å². The molecule has 0 atom stereocenters. The molecule has 0 unspecified atom stereocenters. The molecule has 0 amide bonds. The quantitative estimate of drug-likeness (QED) is 0.788. The van der Waals surface area contributed by atoms with Crippen molar-refractivity contribution in [1.82, 2.24) is 9.55 Å². The Morgan fingerprint density at radius 1 is 1.44 bits per heavy atom. The molecule has 0 aliphatic heterocycles. The first-order valence-corrected chi connectivity index (χ1v) is 6.21. The number of imidazole rings is 1. The summed E-state index contributed by atoms with van der Waals surface area (Å²) in [4.78, 5) is 4.29. The number of benzene rings is 1. The summed E-state index contributed by atoms with van der Waals surface area (Å²) in [5.41, 5.74) is 2.67. The molecule has 0 spiro atoms. The number of hydrogen-bond donors (Lipinski definition) is 1. The lowest BCUT2D eigenvalue weighted by atomic mass is 10.1. The Labute approximate surface area is 108 Å². The maximum atomic E-state index is 4.29. The largest absolute Gasteiger partial charge is 0.352 e. The van der Waals surface area contributed by atoms with Crippen molar-refractivity contribution in [2.24, 2.45) is 0 Å². The fourth-order valence-electron chi connectivity index (χ4n) is 1.94. The van der Waals surface area contributed by atoms with Gasteiger partial charge in [0.2, 0.25) is 5.95 Å². The third-order valence-electron chi connectivity index (χ3n) is 2.84. The molecule has 0 saturated carbocycles. The average Bonchev–Trinajstić information content (AvgIpc) is 2.81. The van der Waals surface area contributed by atoms with E-state index in [1.54, 1.807) is 0 Å². The molecule has 1 heterocycles. The molecular formula is C15H19N3. The monoisotopic (exact) mass is 241 g/mol. The number of hydrogen-bond acceptors (Lipinski definition) is 2. The highest BCUT2D eigenvalue weighted by Gasteiger charge is 2.01. The summed E-state index contributed by atoms with van der Waals surface area (Å²) in [6.07, 6.45) is 6.67. The smallest absolute Gasteiger partial charge is 0.203 e. The Balaban J connectivity index is 1.97. The van der Waals surface area contributed by atoms with Crippen LogP contribution in [0.25, 0.3) is 0 Å². The van der Waals surface area contributed by atoms with Gasteiger partial charge in [-0.1, -0.05) is 35.9 Å². The Morgan fingerprint density at radius 3 is 3.11 bits per heavy atom.